The highest BCUT2D eigenvalue weighted by Gasteiger charge is 2.39. The second kappa shape index (κ2) is 11.8. The number of sulfonamides is 1. The van der Waals surface area contributed by atoms with Crippen molar-refractivity contribution < 1.29 is 18.3 Å². The summed E-state index contributed by atoms with van der Waals surface area (Å²) in [5.41, 5.74) is 5.33. The zero-order valence-corrected chi connectivity index (χ0v) is 25.5. The molecule has 0 amide bonds. The van der Waals surface area contributed by atoms with Gasteiger partial charge in [0.15, 0.2) is 11.5 Å². The van der Waals surface area contributed by atoms with Gasteiger partial charge in [-0.1, -0.05) is 78.9 Å². The van der Waals surface area contributed by atoms with Gasteiger partial charge in [0.2, 0.25) is 10.0 Å². The Morgan fingerprint density at radius 1 is 0.864 bits per heavy atom. The smallest absolute Gasteiger partial charge is 0.243 e. The third-order valence-electron chi connectivity index (χ3n) is 9.40. The molecule has 44 heavy (non-hydrogen) atoms. The number of allylic oxidation sites excluding steroid dienone is 2. The molecule has 2 heterocycles. The molecule has 2 aliphatic heterocycles. The van der Waals surface area contributed by atoms with Crippen LogP contribution in [0.25, 0.3) is 0 Å². The van der Waals surface area contributed by atoms with Gasteiger partial charge in [-0.2, -0.15) is 4.31 Å². The van der Waals surface area contributed by atoms with Crippen LogP contribution in [-0.2, 0) is 10.0 Å². The van der Waals surface area contributed by atoms with Crippen molar-refractivity contribution in [3.8, 4) is 11.5 Å². The standard InChI is InChI=1S/C36H37N3O4S/c1-43-34-18-15-27(23-33(34)40)35-30-14-8-13-29(30)31-24-28(16-17-32(31)37-35)44(41,42)39-21-19-38(20-22-39)36(25-9-4-2-5-10-25)26-11-6-3-7-12-26/h2-13,15-18,23-24,29-30,35-37,40H,14,19-22H2,1H3. The molecule has 226 valence electrons. The lowest BCUT2D eigenvalue weighted by Crippen LogP contribution is -2.49. The Bertz CT molecular complexity index is 1730. The average molecular weight is 608 g/mol. The van der Waals surface area contributed by atoms with Gasteiger partial charge in [0.05, 0.1) is 24.1 Å². The number of hydrogen-bond donors (Lipinski definition) is 2. The summed E-state index contributed by atoms with van der Waals surface area (Å²) in [7, 11) is -2.13. The van der Waals surface area contributed by atoms with E-state index in [0.717, 1.165) is 23.2 Å². The van der Waals surface area contributed by atoms with Crippen LogP contribution in [0.4, 0.5) is 5.69 Å². The van der Waals surface area contributed by atoms with Crippen molar-refractivity contribution in [3.05, 3.63) is 131 Å². The van der Waals surface area contributed by atoms with E-state index in [9.17, 15) is 13.5 Å². The minimum absolute atomic E-state index is 0.0167. The Kier molecular flexibility index (Phi) is 7.66. The zero-order valence-electron chi connectivity index (χ0n) is 24.7. The van der Waals surface area contributed by atoms with E-state index in [4.69, 9.17) is 4.74 Å². The number of aromatic hydroxyl groups is 1. The molecule has 3 atom stereocenters. The third-order valence-corrected chi connectivity index (χ3v) is 11.3. The Morgan fingerprint density at radius 3 is 2.18 bits per heavy atom. The Balaban J connectivity index is 1.11. The molecule has 0 bridgehead atoms. The maximum absolute atomic E-state index is 14.0. The number of hydrogen-bond acceptors (Lipinski definition) is 6. The number of phenols is 1. The largest absolute Gasteiger partial charge is 0.504 e. The number of fused-ring (bicyclic) bond motifs is 3. The quantitative estimate of drug-likeness (QED) is 0.239. The predicted octanol–water partition coefficient (Wildman–Crippen LogP) is 6.32. The topological polar surface area (TPSA) is 82.1 Å². The molecule has 3 aliphatic rings. The van der Waals surface area contributed by atoms with Crippen LogP contribution >= 0.6 is 0 Å². The first kappa shape index (κ1) is 28.6. The number of rotatable bonds is 7. The highest BCUT2D eigenvalue weighted by Crippen LogP contribution is 2.51. The van der Waals surface area contributed by atoms with Crippen molar-refractivity contribution >= 4 is 15.7 Å². The second-order valence-electron chi connectivity index (χ2n) is 11.8. The minimum atomic E-state index is -3.67. The fourth-order valence-corrected chi connectivity index (χ4v) is 8.66. The molecule has 4 aromatic rings. The minimum Gasteiger partial charge on any atom is -0.504 e. The summed E-state index contributed by atoms with van der Waals surface area (Å²) >= 11 is 0. The van der Waals surface area contributed by atoms with Gasteiger partial charge < -0.3 is 15.2 Å². The van der Waals surface area contributed by atoms with E-state index in [-0.39, 0.29) is 29.7 Å². The van der Waals surface area contributed by atoms with E-state index >= 15 is 0 Å². The van der Waals surface area contributed by atoms with Crippen molar-refractivity contribution in [2.24, 2.45) is 5.92 Å². The Morgan fingerprint density at radius 2 is 1.55 bits per heavy atom. The monoisotopic (exact) mass is 607 g/mol. The van der Waals surface area contributed by atoms with Crippen molar-refractivity contribution in [2.45, 2.75) is 29.3 Å². The first-order chi connectivity index (χ1) is 21.4. The van der Waals surface area contributed by atoms with Crippen LogP contribution in [-0.4, -0.2) is 56.0 Å². The van der Waals surface area contributed by atoms with Crippen molar-refractivity contribution in [3.63, 3.8) is 0 Å². The average Bonchev–Trinajstić information content (AvgIpc) is 3.56. The van der Waals surface area contributed by atoms with Crippen molar-refractivity contribution in [2.75, 3.05) is 38.6 Å². The summed E-state index contributed by atoms with van der Waals surface area (Å²) in [4.78, 5) is 2.73. The van der Waals surface area contributed by atoms with E-state index in [1.807, 2.05) is 30.3 Å². The number of phenolic OH excluding ortho intramolecular Hbond substituents is 1. The lowest BCUT2D eigenvalue weighted by atomic mass is 9.77. The van der Waals surface area contributed by atoms with Crippen LogP contribution in [0, 0.1) is 5.92 Å². The van der Waals surface area contributed by atoms with Gasteiger partial charge in [-0.25, -0.2) is 8.42 Å². The summed E-state index contributed by atoms with van der Waals surface area (Å²) in [6, 6.07) is 32.0. The van der Waals surface area contributed by atoms with E-state index in [1.54, 1.807) is 29.6 Å². The van der Waals surface area contributed by atoms with Gasteiger partial charge in [0.25, 0.3) is 0 Å². The molecule has 1 saturated heterocycles. The maximum Gasteiger partial charge on any atom is 0.243 e. The number of anilines is 1. The van der Waals surface area contributed by atoms with Crippen LogP contribution < -0.4 is 10.1 Å². The van der Waals surface area contributed by atoms with Crippen LogP contribution in [0.1, 0.15) is 46.7 Å². The lowest BCUT2D eigenvalue weighted by Gasteiger charge is -2.40. The summed E-state index contributed by atoms with van der Waals surface area (Å²) in [5, 5.41) is 14.1. The first-order valence-corrected chi connectivity index (χ1v) is 16.7. The molecule has 1 fully saturated rings. The molecule has 1 aliphatic carbocycles. The van der Waals surface area contributed by atoms with Crippen LogP contribution in [0.15, 0.2) is 114 Å². The number of ether oxygens (including phenoxy) is 1. The van der Waals surface area contributed by atoms with Gasteiger partial charge >= 0.3 is 0 Å². The molecule has 7 nitrogen and oxygen atoms in total. The first-order valence-electron chi connectivity index (χ1n) is 15.2. The third kappa shape index (κ3) is 5.17. The molecule has 0 saturated carbocycles. The molecule has 0 radical (unpaired) electrons. The number of nitrogens with zero attached hydrogens (tertiary/aromatic N) is 2. The van der Waals surface area contributed by atoms with Gasteiger partial charge in [0, 0.05) is 37.8 Å². The molecule has 8 heteroatoms. The molecular formula is C36H37N3O4S. The molecule has 0 aromatic heterocycles. The maximum atomic E-state index is 14.0. The van der Waals surface area contributed by atoms with E-state index in [1.165, 1.54) is 11.1 Å². The fraction of sp³-hybridized carbons (Fsp3) is 0.278. The van der Waals surface area contributed by atoms with Crippen molar-refractivity contribution in [1.82, 2.24) is 9.21 Å². The summed E-state index contributed by atoms with van der Waals surface area (Å²) < 4.78 is 34.9. The highest BCUT2D eigenvalue weighted by atomic mass is 32.2. The van der Waals surface area contributed by atoms with Gasteiger partial charge in [0.1, 0.15) is 0 Å². The van der Waals surface area contributed by atoms with E-state index in [2.05, 4.69) is 70.9 Å². The Labute approximate surface area is 259 Å². The number of benzene rings is 4. The summed E-state index contributed by atoms with van der Waals surface area (Å²) in [6.45, 7) is 2.15. The van der Waals surface area contributed by atoms with Crippen LogP contribution in [0.5, 0.6) is 11.5 Å². The van der Waals surface area contributed by atoms with Gasteiger partial charge in [-0.15, -0.1) is 0 Å². The highest BCUT2D eigenvalue weighted by molar-refractivity contribution is 7.89. The van der Waals surface area contributed by atoms with Crippen LogP contribution in [0.3, 0.4) is 0 Å². The van der Waals surface area contributed by atoms with Gasteiger partial charge in [-0.05, 0) is 64.9 Å². The summed E-state index contributed by atoms with van der Waals surface area (Å²) in [5.74, 6) is 0.854. The zero-order chi connectivity index (χ0) is 30.3. The SMILES string of the molecule is COc1ccc(C2Nc3ccc(S(=O)(=O)N4CCN(C(c5ccccc5)c5ccccc5)CC4)cc3C3C=CCC32)cc1O. The lowest BCUT2D eigenvalue weighted by molar-refractivity contribution is 0.156. The van der Waals surface area contributed by atoms with Crippen molar-refractivity contribution in [1.29, 1.82) is 0 Å². The van der Waals surface area contributed by atoms with Crippen LogP contribution in [0.2, 0.25) is 0 Å². The molecule has 4 aromatic carbocycles. The predicted molar refractivity (Wildman–Crippen MR) is 173 cm³/mol. The summed E-state index contributed by atoms with van der Waals surface area (Å²) in [6.07, 6.45) is 5.25. The molecule has 3 unspecified atom stereocenters. The van der Waals surface area contributed by atoms with Gasteiger partial charge in [-0.3, -0.25) is 4.90 Å². The molecule has 7 rings (SSSR count). The fourth-order valence-electron chi connectivity index (χ4n) is 7.20. The number of nitrogens with one attached hydrogen (secondary N) is 1. The molecule has 0 spiro atoms. The second-order valence-corrected chi connectivity index (χ2v) is 13.8. The Hall–Kier alpha value is -4.11. The number of methoxy groups -OCH3 is 1. The molecule has 2 N–H and O–H groups in total. The normalized spacial score (nSPS) is 21.9. The van der Waals surface area contributed by atoms with E-state index in [0.29, 0.717) is 36.8 Å². The van der Waals surface area contributed by atoms with E-state index < -0.39 is 10.0 Å². The molecular weight excluding hydrogens is 570 g/mol. The number of piperazine rings is 1.